The van der Waals surface area contributed by atoms with Gasteiger partial charge in [-0.25, -0.2) is 22.8 Å². The smallest absolute Gasteiger partial charge is 0.328 e. The summed E-state index contributed by atoms with van der Waals surface area (Å²) in [7, 11) is 0. The molecule has 5 N–H and O–H groups in total. The van der Waals surface area contributed by atoms with Crippen LogP contribution in [-0.4, -0.2) is 63.5 Å². The van der Waals surface area contributed by atoms with E-state index in [1.54, 1.807) is 0 Å². The molecule has 2 amide bonds. The number of rotatable bonds is 8. The molecule has 0 aliphatic carbocycles. The van der Waals surface area contributed by atoms with E-state index in [1.807, 2.05) is 4.90 Å². The third kappa shape index (κ3) is 8.36. The quantitative estimate of drug-likeness (QED) is 0.307. The lowest BCUT2D eigenvalue weighted by atomic mass is 9.82. The minimum absolute atomic E-state index is 0.0277. The number of carbonyl (C=O) groups is 4. The highest BCUT2D eigenvalue weighted by molar-refractivity contribution is 5.89. The predicted molar refractivity (Wildman–Crippen MR) is 122 cm³/mol. The normalized spacial score (nSPS) is 21.5. The molecule has 12 heteroatoms. The number of hydrogen-bond donors (Lipinski definition) is 4. The molecule has 1 aromatic carbocycles. The number of nitrogens with zero attached hydrogens (tertiary/aromatic N) is 1. The van der Waals surface area contributed by atoms with Gasteiger partial charge in [0.15, 0.2) is 11.6 Å². The number of fused-ring (bicyclic) bond motifs is 2. The van der Waals surface area contributed by atoms with Gasteiger partial charge < -0.3 is 26.2 Å². The molecule has 0 spiro atoms. The van der Waals surface area contributed by atoms with Crippen LogP contribution in [0.25, 0.3) is 0 Å². The lowest BCUT2D eigenvalue weighted by Crippen LogP contribution is -2.50. The van der Waals surface area contributed by atoms with Gasteiger partial charge in [-0.05, 0) is 49.7 Å². The zero-order valence-electron chi connectivity index (χ0n) is 19.8. The van der Waals surface area contributed by atoms with Crippen molar-refractivity contribution in [2.24, 2.45) is 11.7 Å². The van der Waals surface area contributed by atoms with Gasteiger partial charge in [0.25, 0.3) is 0 Å². The first-order valence-corrected chi connectivity index (χ1v) is 11.5. The summed E-state index contributed by atoms with van der Waals surface area (Å²) in [5, 5.41) is 18.3. The Bertz CT molecular complexity index is 989. The number of benzene rings is 1. The Kier molecular flexibility index (Phi) is 10.5. The zero-order chi connectivity index (χ0) is 27.0. The van der Waals surface area contributed by atoms with Crippen LogP contribution in [-0.2, 0) is 25.6 Å². The lowest BCUT2D eigenvalue weighted by Gasteiger charge is -2.41. The number of halogens is 3. The van der Waals surface area contributed by atoms with Crippen LogP contribution in [0.3, 0.4) is 0 Å². The van der Waals surface area contributed by atoms with Gasteiger partial charge in [-0.15, -0.1) is 0 Å². The highest BCUT2D eigenvalue weighted by Crippen LogP contribution is 2.40. The van der Waals surface area contributed by atoms with Gasteiger partial charge in [-0.2, -0.15) is 0 Å². The molecule has 36 heavy (non-hydrogen) atoms. The monoisotopic (exact) mass is 513 g/mol. The number of piperidine rings is 1. The molecule has 198 valence electrons. The highest BCUT2D eigenvalue weighted by Gasteiger charge is 2.44. The number of nitrogens with two attached hydrogens (primary N) is 1. The first-order chi connectivity index (χ1) is 16.9. The Morgan fingerprint density at radius 3 is 2.06 bits per heavy atom. The molecule has 2 aliphatic rings. The minimum atomic E-state index is -1.26. The third-order valence-electron chi connectivity index (χ3n) is 6.29. The van der Waals surface area contributed by atoms with Crippen molar-refractivity contribution in [2.45, 2.75) is 63.6 Å². The summed E-state index contributed by atoms with van der Waals surface area (Å²) in [5.41, 5.74) is 6.37. The van der Waals surface area contributed by atoms with E-state index in [2.05, 4.69) is 5.32 Å². The van der Waals surface area contributed by atoms with E-state index in [9.17, 15) is 32.3 Å². The van der Waals surface area contributed by atoms with Gasteiger partial charge in [0.2, 0.25) is 11.8 Å². The molecule has 0 aromatic heterocycles. The maximum atomic E-state index is 13.9. The Balaban J connectivity index is 0.000000493. The van der Waals surface area contributed by atoms with Gasteiger partial charge in [-0.1, -0.05) is 0 Å². The van der Waals surface area contributed by atoms with Gasteiger partial charge in [0.05, 0.1) is 0 Å². The van der Waals surface area contributed by atoms with Crippen LogP contribution in [0.2, 0.25) is 0 Å². The van der Waals surface area contributed by atoms with E-state index in [0.29, 0.717) is 24.8 Å². The first-order valence-electron chi connectivity index (χ1n) is 11.5. The molecule has 2 saturated heterocycles. The Morgan fingerprint density at radius 2 is 1.56 bits per heavy atom. The van der Waals surface area contributed by atoms with E-state index in [-0.39, 0.29) is 54.3 Å². The van der Waals surface area contributed by atoms with Crippen molar-refractivity contribution in [3.8, 4) is 0 Å². The molecule has 0 saturated carbocycles. The fourth-order valence-electron chi connectivity index (χ4n) is 4.73. The second-order valence-electron chi connectivity index (χ2n) is 8.89. The summed E-state index contributed by atoms with van der Waals surface area (Å²) < 4.78 is 40.5. The number of carbonyl (C=O) groups excluding carboxylic acids is 2. The molecule has 2 bridgehead atoms. The molecule has 9 nitrogen and oxygen atoms in total. The summed E-state index contributed by atoms with van der Waals surface area (Å²) in [4.78, 5) is 44.5. The molecule has 2 aliphatic heterocycles. The maximum absolute atomic E-state index is 13.9. The molecule has 1 unspecified atom stereocenters. The van der Waals surface area contributed by atoms with Crippen LogP contribution in [0.5, 0.6) is 0 Å². The fourth-order valence-corrected chi connectivity index (χ4v) is 4.73. The summed E-state index contributed by atoms with van der Waals surface area (Å²) in [6.45, 7) is 1.74. The minimum Gasteiger partial charge on any atom is -0.478 e. The van der Waals surface area contributed by atoms with Crippen LogP contribution in [0.15, 0.2) is 24.3 Å². The van der Waals surface area contributed by atoms with Crippen molar-refractivity contribution in [1.82, 2.24) is 10.2 Å². The fraction of sp³-hybridized carbons (Fsp3) is 0.500. The van der Waals surface area contributed by atoms with Gasteiger partial charge in [-0.3, -0.25) is 9.59 Å². The predicted octanol–water partition coefficient (Wildman–Crippen LogP) is 1.98. The SMILES string of the molecule is CC(=O)NCCC(=O)N1[C@@H]2CC[C@H]1CC([C@H](N)Cc1cc(F)c(F)cc1F)C2.O=C(O)/C=C\C(=O)O. The molecule has 4 atom stereocenters. The van der Waals surface area contributed by atoms with Crippen LogP contribution < -0.4 is 11.1 Å². The van der Waals surface area contributed by atoms with Crippen LogP contribution in [0, 0.1) is 23.4 Å². The van der Waals surface area contributed by atoms with Crippen molar-refractivity contribution in [2.75, 3.05) is 6.54 Å². The number of carboxylic acids is 2. The van der Waals surface area contributed by atoms with Gasteiger partial charge in [0.1, 0.15) is 5.82 Å². The van der Waals surface area contributed by atoms with Crippen molar-refractivity contribution in [3.05, 3.63) is 47.3 Å². The number of hydrogen-bond acceptors (Lipinski definition) is 5. The summed E-state index contributed by atoms with van der Waals surface area (Å²) >= 11 is 0. The Morgan fingerprint density at radius 1 is 1.03 bits per heavy atom. The van der Waals surface area contributed by atoms with E-state index in [0.717, 1.165) is 31.7 Å². The Hall–Kier alpha value is -3.41. The molecule has 1 aromatic rings. The summed E-state index contributed by atoms with van der Waals surface area (Å²) in [5.74, 6) is -5.64. The van der Waals surface area contributed by atoms with E-state index < -0.39 is 29.4 Å². The lowest BCUT2D eigenvalue weighted by molar-refractivity contribution is -0.136. The summed E-state index contributed by atoms with van der Waals surface area (Å²) in [6, 6.07) is 1.22. The molecule has 0 radical (unpaired) electrons. The van der Waals surface area contributed by atoms with E-state index >= 15 is 0 Å². The Labute approximate surface area is 206 Å². The van der Waals surface area contributed by atoms with E-state index in [1.165, 1.54) is 6.92 Å². The standard InChI is InChI=1S/C20H26F3N3O2.C4H4O4/c1-11(27)25-5-4-20(28)26-14-2-3-15(26)7-13(6-14)19(24)9-12-8-17(22)18(23)10-16(12)21;5-3(6)1-2-4(7)8/h8,10,13-15,19H,2-7,9,24H2,1H3,(H,25,27);1-2H,(H,5,6)(H,7,8)/b;2-1-/t13?,14-,15+,19-;/m1./s1. The van der Waals surface area contributed by atoms with Crippen molar-refractivity contribution in [3.63, 3.8) is 0 Å². The van der Waals surface area contributed by atoms with Crippen molar-refractivity contribution >= 4 is 23.8 Å². The van der Waals surface area contributed by atoms with E-state index in [4.69, 9.17) is 15.9 Å². The summed E-state index contributed by atoms with van der Waals surface area (Å²) in [6.07, 6.45) is 4.75. The number of aliphatic carboxylic acids is 2. The largest absolute Gasteiger partial charge is 0.478 e. The van der Waals surface area contributed by atoms with Gasteiger partial charge >= 0.3 is 11.9 Å². The molecular weight excluding hydrogens is 483 g/mol. The number of amides is 2. The molecular formula is C24H30F3N3O6. The average molecular weight is 514 g/mol. The van der Waals surface area contributed by atoms with Crippen LogP contribution >= 0.6 is 0 Å². The average Bonchev–Trinajstić information content (AvgIpc) is 3.05. The molecule has 2 heterocycles. The van der Waals surface area contributed by atoms with Gasteiger partial charge in [0, 0.05) is 56.2 Å². The molecule has 2 fully saturated rings. The number of carboxylic acid groups (broad SMARTS) is 2. The number of nitrogens with one attached hydrogen (secondary N) is 1. The van der Waals surface area contributed by atoms with Crippen LogP contribution in [0.1, 0.15) is 44.6 Å². The highest BCUT2D eigenvalue weighted by atomic mass is 19.2. The third-order valence-corrected chi connectivity index (χ3v) is 6.29. The molecule has 3 rings (SSSR count). The van der Waals surface area contributed by atoms with Crippen LogP contribution in [0.4, 0.5) is 13.2 Å². The first kappa shape index (κ1) is 28.8. The second-order valence-corrected chi connectivity index (χ2v) is 8.89. The van der Waals surface area contributed by atoms with Crippen molar-refractivity contribution in [1.29, 1.82) is 0 Å². The van der Waals surface area contributed by atoms with Crippen molar-refractivity contribution < 1.29 is 42.6 Å². The topological polar surface area (TPSA) is 150 Å². The maximum Gasteiger partial charge on any atom is 0.328 e. The second kappa shape index (κ2) is 13.1. The zero-order valence-corrected chi connectivity index (χ0v) is 19.8.